The lowest BCUT2D eigenvalue weighted by Crippen LogP contribution is -2.02. The van der Waals surface area contributed by atoms with E-state index in [4.69, 9.17) is 14.7 Å². The topological polar surface area (TPSA) is 54.3 Å². The summed E-state index contributed by atoms with van der Waals surface area (Å²) in [6.45, 7) is 0.825. The Hall–Kier alpha value is -1.71. The van der Waals surface area contributed by atoms with Gasteiger partial charge >= 0.3 is 0 Å². The van der Waals surface area contributed by atoms with Gasteiger partial charge in [0.25, 0.3) is 0 Å². The van der Waals surface area contributed by atoms with Gasteiger partial charge in [-0.1, -0.05) is 31.9 Å². The van der Waals surface area contributed by atoms with Crippen molar-refractivity contribution < 1.29 is 9.47 Å². The fraction of sp³-hybridized carbons (Fsp3) is 0.133. The molecule has 106 valence electrons. The fourth-order valence-corrected chi connectivity index (χ4v) is 2.87. The number of hydrogen-bond donors (Lipinski definition) is 1. The summed E-state index contributed by atoms with van der Waals surface area (Å²) in [4.78, 5) is 0. The van der Waals surface area contributed by atoms with Gasteiger partial charge in [0.2, 0.25) is 6.79 Å². The second-order valence-corrected chi connectivity index (χ2v) is 6.22. The molecule has 1 N–H and O–H groups in total. The van der Waals surface area contributed by atoms with Gasteiger partial charge in [-0.05, 0) is 35.9 Å². The highest BCUT2D eigenvalue weighted by Crippen LogP contribution is 2.37. The lowest BCUT2D eigenvalue weighted by Gasteiger charge is -2.11. The van der Waals surface area contributed by atoms with Crippen LogP contribution in [0.1, 0.15) is 11.1 Å². The van der Waals surface area contributed by atoms with Crippen molar-refractivity contribution in [2.45, 2.75) is 6.54 Å². The van der Waals surface area contributed by atoms with Crippen molar-refractivity contribution in [2.75, 3.05) is 12.1 Å². The molecule has 0 saturated heterocycles. The molecule has 0 bridgehead atoms. The van der Waals surface area contributed by atoms with Crippen LogP contribution in [0.3, 0.4) is 0 Å². The minimum absolute atomic E-state index is 0.253. The number of ether oxygens (including phenoxy) is 2. The second-order valence-electron chi connectivity index (χ2n) is 4.45. The lowest BCUT2D eigenvalue weighted by molar-refractivity contribution is 0.174. The quantitative estimate of drug-likeness (QED) is 0.814. The van der Waals surface area contributed by atoms with Gasteiger partial charge in [-0.3, -0.25) is 0 Å². The molecule has 21 heavy (non-hydrogen) atoms. The van der Waals surface area contributed by atoms with Crippen molar-refractivity contribution in [1.29, 1.82) is 5.26 Å². The smallest absolute Gasteiger partial charge is 0.231 e. The molecule has 0 amide bonds. The summed E-state index contributed by atoms with van der Waals surface area (Å²) in [5.74, 6) is 1.48. The van der Waals surface area contributed by atoms with E-state index in [0.717, 1.165) is 31.7 Å². The van der Waals surface area contributed by atoms with Crippen LogP contribution in [0.5, 0.6) is 11.5 Å². The summed E-state index contributed by atoms with van der Waals surface area (Å²) in [5, 5.41) is 12.4. The van der Waals surface area contributed by atoms with E-state index >= 15 is 0 Å². The number of rotatable bonds is 3. The van der Waals surface area contributed by atoms with Crippen molar-refractivity contribution >= 4 is 37.5 Å². The first-order valence-corrected chi connectivity index (χ1v) is 7.77. The van der Waals surface area contributed by atoms with Gasteiger partial charge in [-0.25, -0.2) is 0 Å². The van der Waals surface area contributed by atoms with Crippen molar-refractivity contribution in [3.63, 3.8) is 0 Å². The highest BCUT2D eigenvalue weighted by molar-refractivity contribution is 9.10. The number of hydrogen-bond acceptors (Lipinski definition) is 4. The van der Waals surface area contributed by atoms with E-state index in [1.807, 2.05) is 24.3 Å². The molecule has 0 aliphatic carbocycles. The number of nitrogens with zero attached hydrogens (tertiary/aromatic N) is 1. The zero-order valence-electron chi connectivity index (χ0n) is 10.8. The van der Waals surface area contributed by atoms with Crippen LogP contribution in [-0.4, -0.2) is 6.79 Å². The molecule has 0 atom stereocenters. The Labute approximate surface area is 138 Å². The van der Waals surface area contributed by atoms with Crippen molar-refractivity contribution in [3.8, 4) is 17.6 Å². The molecule has 1 aliphatic heterocycles. The number of halogens is 2. The Balaban J connectivity index is 1.83. The molecule has 4 nitrogen and oxygen atoms in total. The van der Waals surface area contributed by atoms with Crippen LogP contribution < -0.4 is 14.8 Å². The Morgan fingerprint density at radius 2 is 1.90 bits per heavy atom. The molecule has 0 radical (unpaired) electrons. The van der Waals surface area contributed by atoms with Crippen molar-refractivity contribution in [1.82, 2.24) is 0 Å². The van der Waals surface area contributed by atoms with Crippen LogP contribution in [-0.2, 0) is 6.54 Å². The molecule has 2 aromatic carbocycles. The van der Waals surface area contributed by atoms with E-state index in [2.05, 4.69) is 43.2 Å². The number of benzene rings is 2. The molecule has 6 heteroatoms. The fourth-order valence-electron chi connectivity index (χ4n) is 2.05. The number of anilines is 1. The van der Waals surface area contributed by atoms with Crippen molar-refractivity contribution in [2.24, 2.45) is 0 Å². The molecule has 1 heterocycles. The van der Waals surface area contributed by atoms with Crippen molar-refractivity contribution in [3.05, 3.63) is 50.4 Å². The zero-order valence-corrected chi connectivity index (χ0v) is 14.0. The summed E-state index contributed by atoms with van der Waals surface area (Å²) in [6.07, 6.45) is 0. The summed E-state index contributed by atoms with van der Waals surface area (Å²) >= 11 is 6.94. The monoisotopic (exact) mass is 408 g/mol. The second kappa shape index (κ2) is 5.96. The number of nitriles is 1. The molecule has 0 saturated carbocycles. The zero-order chi connectivity index (χ0) is 14.8. The molecule has 1 aliphatic rings. The molecule has 0 aromatic heterocycles. The average molecular weight is 410 g/mol. The maximum atomic E-state index is 9.14. The Kier molecular flexibility index (Phi) is 4.04. The summed E-state index contributed by atoms with van der Waals surface area (Å²) in [7, 11) is 0. The third kappa shape index (κ3) is 2.99. The van der Waals surface area contributed by atoms with E-state index in [1.165, 1.54) is 0 Å². The first-order chi connectivity index (χ1) is 10.2. The van der Waals surface area contributed by atoms with Gasteiger partial charge in [0.05, 0.1) is 11.3 Å². The van der Waals surface area contributed by atoms with E-state index in [1.54, 1.807) is 6.07 Å². The Morgan fingerprint density at radius 1 is 1.14 bits per heavy atom. The predicted molar refractivity (Wildman–Crippen MR) is 86.4 cm³/mol. The van der Waals surface area contributed by atoms with E-state index < -0.39 is 0 Å². The van der Waals surface area contributed by atoms with Gasteiger partial charge in [0.15, 0.2) is 11.5 Å². The van der Waals surface area contributed by atoms with E-state index in [-0.39, 0.29) is 6.79 Å². The maximum Gasteiger partial charge on any atom is 0.231 e. The Morgan fingerprint density at radius 3 is 2.67 bits per heavy atom. The number of fused-ring (bicyclic) bond motifs is 1. The molecule has 0 unspecified atom stereocenters. The minimum Gasteiger partial charge on any atom is -0.454 e. The molecule has 3 rings (SSSR count). The van der Waals surface area contributed by atoms with Gasteiger partial charge in [-0.15, -0.1) is 0 Å². The normalized spacial score (nSPS) is 12.0. The molecular weight excluding hydrogens is 400 g/mol. The maximum absolute atomic E-state index is 9.14. The minimum atomic E-state index is 0.253. The summed E-state index contributed by atoms with van der Waals surface area (Å²) < 4.78 is 12.6. The van der Waals surface area contributed by atoms with Gasteiger partial charge in [0, 0.05) is 15.5 Å². The Bertz CT molecular complexity index is 741. The molecular formula is C15H10Br2N2O2. The number of nitrogens with one attached hydrogen (secondary N) is 1. The van der Waals surface area contributed by atoms with Gasteiger partial charge < -0.3 is 14.8 Å². The summed E-state index contributed by atoms with van der Waals surface area (Å²) in [5.41, 5.74) is 2.43. The van der Waals surface area contributed by atoms with Crippen LogP contribution >= 0.6 is 31.9 Å². The largest absolute Gasteiger partial charge is 0.454 e. The standard InChI is InChI=1S/C15H10Br2N2O2/c16-11-2-1-9(6-18)13(4-11)19-7-10-3-14-15(5-12(10)17)21-8-20-14/h1-5,19H,7-8H2. The van der Waals surface area contributed by atoms with Crippen LogP contribution in [0.25, 0.3) is 0 Å². The third-order valence-corrected chi connectivity index (χ3v) is 4.34. The average Bonchev–Trinajstić information content (AvgIpc) is 2.92. The lowest BCUT2D eigenvalue weighted by atomic mass is 10.1. The summed E-state index contributed by atoms with van der Waals surface area (Å²) in [6, 6.07) is 11.5. The molecule has 2 aromatic rings. The van der Waals surface area contributed by atoms with Crippen LogP contribution in [0.2, 0.25) is 0 Å². The van der Waals surface area contributed by atoms with E-state index in [0.29, 0.717) is 12.1 Å². The van der Waals surface area contributed by atoms with Crippen LogP contribution in [0, 0.1) is 11.3 Å². The van der Waals surface area contributed by atoms with Crippen LogP contribution in [0.4, 0.5) is 5.69 Å². The SMILES string of the molecule is N#Cc1ccc(Br)cc1NCc1cc2c(cc1Br)OCO2. The highest BCUT2D eigenvalue weighted by Gasteiger charge is 2.16. The van der Waals surface area contributed by atoms with E-state index in [9.17, 15) is 0 Å². The molecule has 0 spiro atoms. The first-order valence-electron chi connectivity index (χ1n) is 6.19. The molecule has 0 fully saturated rings. The first kappa shape index (κ1) is 14.2. The highest BCUT2D eigenvalue weighted by atomic mass is 79.9. The third-order valence-electron chi connectivity index (χ3n) is 3.11. The van der Waals surface area contributed by atoms with Gasteiger partial charge in [-0.2, -0.15) is 5.26 Å². The van der Waals surface area contributed by atoms with Gasteiger partial charge in [0.1, 0.15) is 6.07 Å². The predicted octanol–water partition coefficient (Wildman–Crippen LogP) is 4.42. The van der Waals surface area contributed by atoms with Crippen LogP contribution in [0.15, 0.2) is 39.3 Å².